The molecule has 11 heteroatoms. The fourth-order valence-electron chi connectivity index (χ4n) is 4.36. The molecule has 5 rings (SSSR count). The van der Waals surface area contributed by atoms with Crippen LogP contribution in [-0.2, 0) is 16.6 Å². The zero-order valence-corrected chi connectivity index (χ0v) is 25.6. The lowest BCUT2D eigenvalue weighted by Crippen LogP contribution is -2.30. The van der Waals surface area contributed by atoms with Gasteiger partial charge in [0.2, 0.25) is 5.91 Å². The Hall–Kier alpha value is -5.13. The van der Waals surface area contributed by atoms with Gasteiger partial charge >= 0.3 is 0 Å². The summed E-state index contributed by atoms with van der Waals surface area (Å²) in [6.45, 7) is 1.78. The normalized spacial score (nSPS) is 11.2. The van der Waals surface area contributed by atoms with Gasteiger partial charge < -0.3 is 16.0 Å². The summed E-state index contributed by atoms with van der Waals surface area (Å²) in [5, 5.41) is 12.1. The van der Waals surface area contributed by atoms with Crippen LogP contribution in [0.2, 0.25) is 0 Å². The number of nitrogens with one attached hydrogen (secondary N) is 3. The van der Waals surface area contributed by atoms with E-state index < -0.39 is 11.8 Å². The van der Waals surface area contributed by atoms with Crippen molar-refractivity contribution in [1.29, 1.82) is 0 Å². The minimum atomic E-state index is -0.491. The highest BCUT2D eigenvalue weighted by atomic mass is 32.2. The van der Waals surface area contributed by atoms with Crippen molar-refractivity contribution in [3.8, 4) is 5.69 Å². The molecule has 0 aliphatic rings. The number of carbonyl (C=O) groups excluding carboxylic acids is 3. The highest BCUT2D eigenvalue weighted by molar-refractivity contribution is 8.00. The molecule has 0 saturated heterocycles. The van der Waals surface area contributed by atoms with E-state index in [2.05, 4.69) is 16.0 Å². The van der Waals surface area contributed by atoms with Crippen LogP contribution >= 0.6 is 23.1 Å². The standard InChI is InChI=1S/C33H29N5O4S2/c1-22-30(33(42)38(37(22)2)26-13-7-4-8-14-26)36-29(39)21-44-27-15-9-12-25(19-27)34-32(41)28(18-23-16-17-43-20-23)35-31(40)24-10-5-3-6-11-24/h3-20H,21H2,1-2H3,(H,34,41)(H,35,40)(H,36,39)/b28-18-. The van der Waals surface area contributed by atoms with Crippen molar-refractivity contribution < 1.29 is 14.4 Å². The number of para-hydroxylation sites is 1. The van der Waals surface area contributed by atoms with Crippen molar-refractivity contribution in [1.82, 2.24) is 14.7 Å². The highest BCUT2D eigenvalue weighted by Gasteiger charge is 2.19. The van der Waals surface area contributed by atoms with E-state index >= 15 is 0 Å². The number of hydrogen-bond acceptors (Lipinski definition) is 6. The van der Waals surface area contributed by atoms with Crippen molar-refractivity contribution in [3.05, 3.63) is 135 Å². The summed E-state index contributed by atoms with van der Waals surface area (Å²) in [6.07, 6.45) is 1.62. The third kappa shape index (κ3) is 7.25. The second-order valence-electron chi connectivity index (χ2n) is 9.69. The van der Waals surface area contributed by atoms with Crippen LogP contribution in [0.1, 0.15) is 21.6 Å². The van der Waals surface area contributed by atoms with E-state index in [1.807, 2.05) is 59.3 Å². The van der Waals surface area contributed by atoms with E-state index in [9.17, 15) is 19.2 Å². The molecular formula is C33H29N5O4S2. The molecule has 3 aromatic carbocycles. The first kappa shape index (κ1) is 30.3. The molecule has 0 fully saturated rings. The summed E-state index contributed by atoms with van der Waals surface area (Å²) < 4.78 is 3.21. The monoisotopic (exact) mass is 623 g/mol. The molecule has 5 aromatic rings. The fourth-order valence-corrected chi connectivity index (χ4v) is 5.74. The Morgan fingerprint density at radius 3 is 2.34 bits per heavy atom. The van der Waals surface area contributed by atoms with E-state index in [0.29, 0.717) is 22.6 Å². The van der Waals surface area contributed by atoms with Crippen molar-refractivity contribution in [2.75, 3.05) is 16.4 Å². The molecule has 0 aliphatic heterocycles. The fraction of sp³-hybridized carbons (Fsp3) is 0.0909. The number of hydrogen-bond donors (Lipinski definition) is 3. The predicted molar refractivity (Wildman–Crippen MR) is 176 cm³/mol. The van der Waals surface area contributed by atoms with Crippen LogP contribution in [-0.4, -0.2) is 32.8 Å². The molecule has 0 spiro atoms. The summed E-state index contributed by atoms with van der Waals surface area (Å²) in [5.74, 6) is -1.18. The lowest BCUT2D eigenvalue weighted by atomic mass is 10.2. The Labute approximate surface area is 262 Å². The van der Waals surface area contributed by atoms with E-state index in [-0.39, 0.29) is 28.6 Å². The maximum Gasteiger partial charge on any atom is 0.295 e. The quantitative estimate of drug-likeness (QED) is 0.137. The maximum absolute atomic E-state index is 13.3. The summed E-state index contributed by atoms with van der Waals surface area (Å²) in [4.78, 5) is 52.8. The number of anilines is 2. The maximum atomic E-state index is 13.3. The Morgan fingerprint density at radius 1 is 0.909 bits per heavy atom. The third-order valence-electron chi connectivity index (χ3n) is 6.66. The lowest BCUT2D eigenvalue weighted by molar-refractivity contribution is -0.114. The summed E-state index contributed by atoms with van der Waals surface area (Å²) in [5.41, 5.74) is 3.04. The van der Waals surface area contributed by atoms with Crippen molar-refractivity contribution in [2.45, 2.75) is 11.8 Å². The first-order valence-electron chi connectivity index (χ1n) is 13.6. The molecule has 9 nitrogen and oxygen atoms in total. The van der Waals surface area contributed by atoms with Gasteiger partial charge in [-0.25, -0.2) is 4.68 Å². The molecule has 0 radical (unpaired) electrons. The molecule has 2 aromatic heterocycles. The second-order valence-corrected chi connectivity index (χ2v) is 11.5. The minimum absolute atomic E-state index is 0.0486. The van der Waals surface area contributed by atoms with E-state index in [0.717, 1.165) is 10.5 Å². The molecule has 2 heterocycles. The van der Waals surface area contributed by atoms with Crippen molar-refractivity contribution in [3.63, 3.8) is 0 Å². The second kappa shape index (κ2) is 13.9. The Balaban J connectivity index is 1.25. The Bertz CT molecular complexity index is 1880. The molecule has 3 N–H and O–H groups in total. The van der Waals surface area contributed by atoms with Crippen LogP contribution in [0, 0.1) is 6.92 Å². The molecular weight excluding hydrogens is 595 g/mol. The van der Waals surface area contributed by atoms with Gasteiger partial charge in [-0.2, -0.15) is 11.3 Å². The van der Waals surface area contributed by atoms with Gasteiger partial charge in [-0.15, -0.1) is 11.8 Å². The van der Waals surface area contributed by atoms with Gasteiger partial charge in [0.1, 0.15) is 11.4 Å². The van der Waals surface area contributed by atoms with Crippen LogP contribution in [0.3, 0.4) is 0 Å². The molecule has 0 saturated carbocycles. The number of thiophene rings is 1. The summed E-state index contributed by atoms with van der Waals surface area (Å²) in [7, 11) is 1.77. The Morgan fingerprint density at radius 2 is 1.64 bits per heavy atom. The van der Waals surface area contributed by atoms with Crippen LogP contribution in [0.5, 0.6) is 0 Å². The van der Waals surface area contributed by atoms with E-state index in [4.69, 9.17) is 0 Å². The summed E-state index contributed by atoms with van der Waals surface area (Å²) >= 11 is 2.75. The van der Waals surface area contributed by atoms with Gasteiger partial charge in [0.25, 0.3) is 17.4 Å². The van der Waals surface area contributed by atoms with Gasteiger partial charge in [0.15, 0.2) is 0 Å². The SMILES string of the molecule is Cc1c(NC(=O)CSc2cccc(NC(=O)/C(=C/c3ccsc3)NC(=O)c3ccccc3)c2)c(=O)n(-c2ccccc2)n1C. The van der Waals surface area contributed by atoms with Crippen molar-refractivity contribution in [2.24, 2.45) is 7.05 Å². The third-order valence-corrected chi connectivity index (χ3v) is 8.36. The molecule has 0 aliphatic carbocycles. The average molecular weight is 624 g/mol. The van der Waals surface area contributed by atoms with Crippen LogP contribution in [0.15, 0.2) is 117 Å². The van der Waals surface area contributed by atoms with Gasteiger partial charge in [-0.1, -0.05) is 42.5 Å². The first-order chi connectivity index (χ1) is 21.3. The van der Waals surface area contributed by atoms with Crippen LogP contribution in [0.25, 0.3) is 11.8 Å². The molecule has 222 valence electrons. The number of benzene rings is 3. The zero-order valence-electron chi connectivity index (χ0n) is 23.9. The largest absolute Gasteiger partial charge is 0.321 e. The lowest BCUT2D eigenvalue weighted by Gasteiger charge is -2.12. The van der Waals surface area contributed by atoms with Gasteiger partial charge in [-0.3, -0.25) is 23.9 Å². The topological polar surface area (TPSA) is 114 Å². The zero-order chi connectivity index (χ0) is 31.1. The van der Waals surface area contributed by atoms with E-state index in [1.165, 1.54) is 27.8 Å². The van der Waals surface area contributed by atoms with Crippen LogP contribution in [0.4, 0.5) is 11.4 Å². The van der Waals surface area contributed by atoms with Crippen LogP contribution < -0.4 is 21.5 Å². The first-order valence-corrected chi connectivity index (χ1v) is 15.5. The molecule has 0 bridgehead atoms. The highest BCUT2D eigenvalue weighted by Crippen LogP contribution is 2.23. The molecule has 44 heavy (non-hydrogen) atoms. The number of nitrogens with zero attached hydrogens (tertiary/aromatic N) is 2. The van der Waals surface area contributed by atoms with Crippen molar-refractivity contribution >= 4 is 58.3 Å². The number of amides is 3. The smallest absolute Gasteiger partial charge is 0.295 e. The average Bonchev–Trinajstić information content (AvgIpc) is 3.63. The predicted octanol–water partition coefficient (Wildman–Crippen LogP) is 5.69. The van der Waals surface area contributed by atoms with Gasteiger partial charge in [-0.05, 0) is 77.9 Å². The molecule has 3 amide bonds. The molecule has 0 unspecified atom stereocenters. The molecule has 0 atom stereocenters. The summed E-state index contributed by atoms with van der Waals surface area (Å²) in [6, 6.07) is 26.8. The van der Waals surface area contributed by atoms with Gasteiger partial charge in [0.05, 0.1) is 17.1 Å². The minimum Gasteiger partial charge on any atom is -0.321 e. The number of thioether (sulfide) groups is 1. The van der Waals surface area contributed by atoms with E-state index in [1.54, 1.807) is 67.2 Å². The van der Waals surface area contributed by atoms with Gasteiger partial charge in [0, 0.05) is 23.2 Å². The number of rotatable bonds is 10. The number of carbonyl (C=O) groups is 3. The Kier molecular flexibility index (Phi) is 9.58. The number of aromatic nitrogens is 2.